The predicted octanol–water partition coefficient (Wildman–Crippen LogP) is 4.97. The van der Waals surface area contributed by atoms with E-state index in [0.717, 1.165) is 16.0 Å². The van der Waals surface area contributed by atoms with Crippen molar-refractivity contribution in [3.63, 3.8) is 0 Å². The second kappa shape index (κ2) is 8.20. The average molecular weight is 440 g/mol. The number of thiazole rings is 1. The molecule has 0 fully saturated rings. The van der Waals surface area contributed by atoms with Gasteiger partial charge in [-0.3, -0.25) is 9.59 Å². The Morgan fingerprint density at radius 3 is 2.31 bits per heavy atom. The molecular weight excluding hydrogens is 424 g/mol. The standard InChI is InChI=1S/C25H16N2O4S/c28-22-19-12-11-18(24(30)31-14-16-7-3-1-4-8-16)13-20(19)23(29)27(22)25-26-21(15-32-25)17-9-5-2-6-10-17/h1-13,15H,14H2. The van der Waals surface area contributed by atoms with Crippen molar-refractivity contribution in [3.8, 4) is 11.3 Å². The largest absolute Gasteiger partial charge is 0.457 e. The Morgan fingerprint density at radius 1 is 0.875 bits per heavy atom. The SMILES string of the molecule is O=C(OCc1ccccc1)c1ccc2c(c1)C(=O)N(c1nc(-c3ccccc3)cs1)C2=O. The molecule has 156 valence electrons. The highest BCUT2D eigenvalue weighted by Crippen LogP contribution is 2.33. The van der Waals surface area contributed by atoms with Gasteiger partial charge in [0.15, 0.2) is 5.13 Å². The number of benzene rings is 3. The molecule has 7 heteroatoms. The maximum absolute atomic E-state index is 13.0. The Kier molecular flexibility index (Phi) is 5.09. The molecule has 1 aliphatic heterocycles. The van der Waals surface area contributed by atoms with E-state index in [4.69, 9.17) is 4.74 Å². The first-order chi connectivity index (χ1) is 15.6. The van der Waals surface area contributed by atoms with Gasteiger partial charge in [0.25, 0.3) is 11.8 Å². The lowest BCUT2D eigenvalue weighted by atomic mass is 10.1. The first-order valence-corrected chi connectivity index (χ1v) is 10.7. The van der Waals surface area contributed by atoms with Crippen molar-refractivity contribution in [3.05, 3.63) is 106 Å². The molecule has 0 unspecified atom stereocenters. The highest BCUT2D eigenvalue weighted by Gasteiger charge is 2.39. The maximum atomic E-state index is 13.0. The van der Waals surface area contributed by atoms with Crippen LogP contribution in [-0.4, -0.2) is 22.8 Å². The second-order valence-electron chi connectivity index (χ2n) is 7.15. The van der Waals surface area contributed by atoms with E-state index in [-0.39, 0.29) is 23.3 Å². The number of aromatic nitrogens is 1. The number of hydrogen-bond acceptors (Lipinski definition) is 6. The van der Waals surface area contributed by atoms with Crippen molar-refractivity contribution in [1.82, 2.24) is 4.98 Å². The van der Waals surface area contributed by atoms with Crippen molar-refractivity contribution in [2.45, 2.75) is 6.61 Å². The zero-order chi connectivity index (χ0) is 22.1. The van der Waals surface area contributed by atoms with Crippen molar-refractivity contribution in [1.29, 1.82) is 0 Å². The summed E-state index contributed by atoms with van der Waals surface area (Å²) >= 11 is 1.22. The summed E-state index contributed by atoms with van der Waals surface area (Å²) in [5.41, 5.74) is 3.07. The number of rotatable bonds is 5. The zero-order valence-electron chi connectivity index (χ0n) is 16.7. The fraction of sp³-hybridized carbons (Fsp3) is 0.0400. The maximum Gasteiger partial charge on any atom is 0.338 e. The Labute approximate surface area is 187 Å². The first-order valence-electron chi connectivity index (χ1n) is 9.86. The van der Waals surface area contributed by atoms with Crippen LogP contribution in [0.15, 0.2) is 84.2 Å². The Morgan fingerprint density at radius 2 is 1.56 bits per heavy atom. The molecule has 1 aliphatic rings. The molecule has 1 aromatic heterocycles. The van der Waals surface area contributed by atoms with Gasteiger partial charge in [-0.05, 0) is 23.8 Å². The zero-order valence-corrected chi connectivity index (χ0v) is 17.5. The van der Waals surface area contributed by atoms with Crippen LogP contribution in [-0.2, 0) is 11.3 Å². The van der Waals surface area contributed by atoms with Gasteiger partial charge in [-0.15, -0.1) is 11.3 Å². The molecule has 0 radical (unpaired) electrons. The van der Waals surface area contributed by atoms with E-state index in [9.17, 15) is 14.4 Å². The molecule has 4 aromatic rings. The Hall–Kier alpha value is -4.10. The second-order valence-corrected chi connectivity index (χ2v) is 7.99. The number of anilines is 1. The molecule has 0 spiro atoms. The third-order valence-electron chi connectivity index (χ3n) is 5.09. The van der Waals surface area contributed by atoms with Crippen LogP contribution in [0.4, 0.5) is 5.13 Å². The van der Waals surface area contributed by atoms with Crippen LogP contribution < -0.4 is 4.90 Å². The highest BCUT2D eigenvalue weighted by molar-refractivity contribution is 7.14. The summed E-state index contributed by atoms with van der Waals surface area (Å²) in [6.45, 7) is 0.122. The molecule has 2 heterocycles. The van der Waals surface area contributed by atoms with Crippen LogP contribution in [0.25, 0.3) is 11.3 Å². The van der Waals surface area contributed by atoms with E-state index >= 15 is 0 Å². The van der Waals surface area contributed by atoms with E-state index < -0.39 is 17.8 Å². The summed E-state index contributed by atoms with van der Waals surface area (Å²) < 4.78 is 5.34. The number of imide groups is 1. The van der Waals surface area contributed by atoms with Gasteiger partial charge in [0, 0.05) is 10.9 Å². The summed E-state index contributed by atoms with van der Waals surface area (Å²) in [5.74, 6) is -1.52. The molecule has 2 amide bonds. The van der Waals surface area contributed by atoms with Crippen LogP contribution in [0.3, 0.4) is 0 Å². The van der Waals surface area contributed by atoms with Gasteiger partial charge >= 0.3 is 5.97 Å². The fourth-order valence-corrected chi connectivity index (χ4v) is 4.28. The van der Waals surface area contributed by atoms with Crippen molar-refractivity contribution >= 4 is 34.3 Å². The third kappa shape index (κ3) is 3.59. The van der Waals surface area contributed by atoms with E-state index in [1.54, 1.807) is 5.38 Å². The number of hydrogen-bond donors (Lipinski definition) is 0. The first kappa shape index (κ1) is 19.8. The number of esters is 1. The summed E-state index contributed by atoms with van der Waals surface area (Å²) in [6.07, 6.45) is 0. The summed E-state index contributed by atoms with van der Waals surface area (Å²) in [7, 11) is 0. The summed E-state index contributed by atoms with van der Waals surface area (Å²) in [5, 5.41) is 2.10. The average Bonchev–Trinajstić information content (AvgIpc) is 3.41. The van der Waals surface area contributed by atoms with Crippen LogP contribution in [0, 0.1) is 0 Å². The molecule has 0 saturated heterocycles. The molecule has 5 rings (SSSR count). The summed E-state index contributed by atoms with van der Waals surface area (Å²) in [6, 6.07) is 23.2. The van der Waals surface area contributed by atoms with Gasteiger partial charge in [0.05, 0.1) is 22.4 Å². The number of ether oxygens (including phenoxy) is 1. The van der Waals surface area contributed by atoms with Gasteiger partial charge in [0.2, 0.25) is 0 Å². The quantitative estimate of drug-likeness (QED) is 0.324. The van der Waals surface area contributed by atoms with Gasteiger partial charge < -0.3 is 4.74 Å². The highest BCUT2D eigenvalue weighted by atomic mass is 32.1. The smallest absolute Gasteiger partial charge is 0.338 e. The number of carbonyl (C=O) groups excluding carboxylic acids is 3. The lowest BCUT2D eigenvalue weighted by molar-refractivity contribution is 0.0472. The normalized spacial score (nSPS) is 12.7. The number of fused-ring (bicyclic) bond motifs is 1. The van der Waals surface area contributed by atoms with Gasteiger partial charge in [0.1, 0.15) is 6.61 Å². The summed E-state index contributed by atoms with van der Waals surface area (Å²) in [4.78, 5) is 43.9. The van der Waals surface area contributed by atoms with Crippen molar-refractivity contribution in [2.75, 3.05) is 4.90 Å². The van der Waals surface area contributed by atoms with Gasteiger partial charge in [-0.2, -0.15) is 0 Å². The fourth-order valence-electron chi connectivity index (χ4n) is 3.46. The molecule has 0 aliphatic carbocycles. The van der Waals surface area contributed by atoms with Gasteiger partial charge in [-0.25, -0.2) is 14.7 Å². The molecule has 6 nitrogen and oxygen atoms in total. The minimum absolute atomic E-state index is 0.122. The van der Waals surface area contributed by atoms with Crippen LogP contribution in [0.5, 0.6) is 0 Å². The molecule has 0 N–H and O–H groups in total. The molecular formula is C25H16N2O4S. The minimum atomic E-state index is -0.559. The monoisotopic (exact) mass is 440 g/mol. The number of nitrogens with zero attached hydrogens (tertiary/aromatic N) is 2. The minimum Gasteiger partial charge on any atom is -0.457 e. The number of carbonyl (C=O) groups is 3. The molecule has 0 atom stereocenters. The molecule has 0 saturated carbocycles. The van der Waals surface area contributed by atoms with Crippen molar-refractivity contribution in [2.24, 2.45) is 0 Å². The predicted molar refractivity (Wildman–Crippen MR) is 121 cm³/mol. The topological polar surface area (TPSA) is 76.6 Å². The molecule has 0 bridgehead atoms. The lowest BCUT2D eigenvalue weighted by Gasteiger charge is -2.08. The molecule has 3 aromatic carbocycles. The van der Waals surface area contributed by atoms with Crippen LogP contribution >= 0.6 is 11.3 Å². The van der Waals surface area contributed by atoms with E-state index in [1.807, 2.05) is 60.7 Å². The number of amides is 2. The van der Waals surface area contributed by atoms with E-state index in [2.05, 4.69) is 4.98 Å². The van der Waals surface area contributed by atoms with Crippen LogP contribution in [0.1, 0.15) is 36.6 Å². The molecule has 32 heavy (non-hydrogen) atoms. The van der Waals surface area contributed by atoms with E-state index in [1.165, 1.54) is 29.5 Å². The Bertz CT molecular complexity index is 1330. The van der Waals surface area contributed by atoms with E-state index in [0.29, 0.717) is 10.8 Å². The lowest BCUT2D eigenvalue weighted by Crippen LogP contribution is -2.29. The third-order valence-corrected chi connectivity index (χ3v) is 5.91. The van der Waals surface area contributed by atoms with Gasteiger partial charge in [-0.1, -0.05) is 60.7 Å². The Balaban J connectivity index is 1.37. The van der Waals surface area contributed by atoms with Crippen molar-refractivity contribution < 1.29 is 19.1 Å². The van der Waals surface area contributed by atoms with Crippen LogP contribution in [0.2, 0.25) is 0 Å².